The van der Waals surface area contributed by atoms with E-state index in [4.69, 9.17) is 11.6 Å². The summed E-state index contributed by atoms with van der Waals surface area (Å²) in [6.45, 7) is 0. The molecule has 2 aromatic carbocycles. The Balaban J connectivity index is 1.44. The quantitative estimate of drug-likeness (QED) is 0.466. The van der Waals surface area contributed by atoms with Gasteiger partial charge in [0.25, 0.3) is 10.0 Å². The minimum absolute atomic E-state index is 0.136. The Morgan fingerprint density at radius 3 is 2.37 bits per heavy atom. The molecule has 8 nitrogen and oxygen atoms in total. The monoisotopic (exact) mass is 444 g/mol. The lowest BCUT2D eigenvalue weighted by Crippen LogP contribution is -2.13. The van der Waals surface area contributed by atoms with E-state index in [1.165, 1.54) is 0 Å². The van der Waals surface area contributed by atoms with Crippen molar-refractivity contribution >= 4 is 38.8 Å². The topological polar surface area (TPSA) is 102 Å². The number of aromatic nitrogens is 4. The lowest BCUT2D eigenvalue weighted by molar-refractivity contribution is 0.599. The number of hydrogen-bond acceptors (Lipinski definition) is 6. The molecule has 0 aliphatic carbocycles. The fraction of sp³-hybridized carbons (Fsp3) is 0. The van der Waals surface area contributed by atoms with Gasteiger partial charge in [-0.25, -0.2) is 17.5 Å². The van der Waals surface area contributed by atoms with E-state index in [1.54, 1.807) is 59.5 Å². The fourth-order valence-corrected chi connectivity index (χ4v) is 3.88. The van der Waals surface area contributed by atoms with Crippen LogP contribution < -0.4 is 10.0 Å². The second-order valence-corrected chi connectivity index (χ2v) is 8.20. The van der Waals surface area contributed by atoms with Gasteiger partial charge < -0.3 is 5.32 Å². The van der Waals surface area contributed by atoms with Crippen LogP contribution in [-0.2, 0) is 10.0 Å². The number of anilines is 3. The molecule has 152 valence electrons. The number of nitrogens with one attached hydrogen (secondary N) is 2. The van der Waals surface area contributed by atoms with Gasteiger partial charge in [-0.05, 0) is 60.7 Å². The number of sulfonamides is 1. The SMILES string of the molecule is O=S(=O)(Nc1ccc(Nc2ccc(-n3cccn3)nn2)cc1)c1ccc(F)c(Cl)c1. The van der Waals surface area contributed by atoms with Crippen molar-refractivity contribution in [3.63, 3.8) is 0 Å². The van der Waals surface area contributed by atoms with E-state index in [0.717, 1.165) is 18.2 Å². The van der Waals surface area contributed by atoms with E-state index in [0.29, 0.717) is 23.0 Å². The first-order valence-electron chi connectivity index (χ1n) is 8.59. The maximum Gasteiger partial charge on any atom is 0.261 e. The third kappa shape index (κ3) is 4.39. The minimum Gasteiger partial charge on any atom is -0.339 e. The molecule has 0 bridgehead atoms. The number of hydrogen-bond donors (Lipinski definition) is 2. The van der Waals surface area contributed by atoms with Gasteiger partial charge in [-0.3, -0.25) is 4.72 Å². The first kappa shape index (κ1) is 19.8. The molecule has 4 aromatic rings. The normalized spacial score (nSPS) is 11.3. The van der Waals surface area contributed by atoms with Gasteiger partial charge in [0.05, 0.1) is 9.92 Å². The average Bonchev–Trinajstić information content (AvgIpc) is 3.27. The van der Waals surface area contributed by atoms with Gasteiger partial charge in [-0.1, -0.05) is 11.6 Å². The molecule has 0 fully saturated rings. The van der Waals surface area contributed by atoms with Crippen LogP contribution in [0.5, 0.6) is 0 Å². The number of nitrogens with zero attached hydrogens (tertiary/aromatic N) is 4. The molecular formula is C19H14ClFN6O2S. The smallest absolute Gasteiger partial charge is 0.261 e. The van der Waals surface area contributed by atoms with Gasteiger partial charge in [-0.2, -0.15) is 5.10 Å². The summed E-state index contributed by atoms with van der Waals surface area (Å²) in [6, 6.07) is 15.0. The van der Waals surface area contributed by atoms with Crippen molar-refractivity contribution in [3.8, 4) is 5.82 Å². The molecule has 0 atom stereocenters. The maximum absolute atomic E-state index is 13.3. The van der Waals surface area contributed by atoms with E-state index in [2.05, 4.69) is 25.3 Å². The van der Waals surface area contributed by atoms with E-state index >= 15 is 0 Å². The summed E-state index contributed by atoms with van der Waals surface area (Å²) in [5.41, 5.74) is 1.02. The summed E-state index contributed by atoms with van der Waals surface area (Å²) in [7, 11) is -3.90. The fourth-order valence-electron chi connectivity index (χ4n) is 2.55. The Morgan fingerprint density at radius 2 is 1.73 bits per heavy atom. The zero-order valence-corrected chi connectivity index (χ0v) is 16.8. The maximum atomic E-state index is 13.3. The van der Waals surface area contributed by atoms with Crippen LogP contribution in [0.25, 0.3) is 5.82 Å². The van der Waals surface area contributed by atoms with Gasteiger partial charge in [0.15, 0.2) is 11.6 Å². The second kappa shape index (κ2) is 8.09. The summed E-state index contributed by atoms with van der Waals surface area (Å²) in [4.78, 5) is -0.136. The zero-order chi connectivity index (χ0) is 21.1. The third-order valence-corrected chi connectivity index (χ3v) is 5.67. The largest absolute Gasteiger partial charge is 0.339 e. The van der Waals surface area contributed by atoms with Crippen molar-refractivity contribution in [1.82, 2.24) is 20.0 Å². The Labute approximate surface area is 176 Å². The average molecular weight is 445 g/mol. The molecule has 0 aliphatic heterocycles. The van der Waals surface area contributed by atoms with E-state index in [-0.39, 0.29) is 9.92 Å². The third-order valence-electron chi connectivity index (χ3n) is 4.00. The van der Waals surface area contributed by atoms with Crippen LogP contribution in [0.15, 0.2) is 78.0 Å². The minimum atomic E-state index is -3.90. The predicted octanol–water partition coefficient (Wildman–Crippen LogP) is 4.00. The second-order valence-electron chi connectivity index (χ2n) is 6.11. The molecule has 0 saturated heterocycles. The number of rotatable bonds is 6. The molecule has 0 radical (unpaired) electrons. The highest BCUT2D eigenvalue weighted by Crippen LogP contribution is 2.23. The van der Waals surface area contributed by atoms with Crippen LogP contribution in [0.4, 0.5) is 21.6 Å². The van der Waals surface area contributed by atoms with Crippen molar-refractivity contribution in [1.29, 1.82) is 0 Å². The van der Waals surface area contributed by atoms with Gasteiger partial charge >= 0.3 is 0 Å². The first-order chi connectivity index (χ1) is 14.4. The van der Waals surface area contributed by atoms with Crippen molar-refractivity contribution in [2.75, 3.05) is 10.0 Å². The molecule has 0 saturated carbocycles. The molecular weight excluding hydrogens is 431 g/mol. The van der Waals surface area contributed by atoms with Crippen molar-refractivity contribution < 1.29 is 12.8 Å². The molecule has 2 heterocycles. The highest BCUT2D eigenvalue weighted by atomic mass is 35.5. The molecule has 2 aromatic heterocycles. The molecule has 0 spiro atoms. The molecule has 0 unspecified atom stereocenters. The van der Waals surface area contributed by atoms with Crippen LogP contribution in [-0.4, -0.2) is 28.4 Å². The summed E-state index contributed by atoms with van der Waals surface area (Å²) in [6.07, 6.45) is 3.41. The Kier molecular flexibility index (Phi) is 5.34. The molecule has 2 N–H and O–H groups in total. The van der Waals surface area contributed by atoms with Crippen LogP contribution in [0, 0.1) is 5.82 Å². The standard InChI is InChI=1S/C19H14ClFN6O2S/c20-16-12-15(6-7-17(16)21)30(28,29)26-14-4-2-13(3-5-14)23-18-8-9-19(25-24-18)27-11-1-10-22-27/h1-12,26H,(H,23,24). The summed E-state index contributed by atoms with van der Waals surface area (Å²) in [5, 5.41) is 15.1. The number of benzene rings is 2. The zero-order valence-electron chi connectivity index (χ0n) is 15.2. The summed E-state index contributed by atoms with van der Waals surface area (Å²) >= 11 is 5.67. The highest BCUT2D eigenvalue weighted by Gasteiger charge is 2.16. The molecule has 11 heteroatoms. The van der Waals surface area contributed by atoms with Gasteiger partial charge in [0, 0.05) is 23.8 Å². The van der Waals surface area contributed by atoms with Gasteiger partial charge in [0.2, 0.25) is 0 Å². The lowest BCUT2D eigenvalue weighted by atomic mass is 10.3. The van der Waals surface area contributed by atoms with E-state index < -0.39 is 15.8 Å². The van der Waals surface area contributed by atoms with Crippen LogP contribution in [0.1, 0.15) is 0 Å². The van der Waals surface area contributed by atoms with Crippen LogP contribution in [0.2, 0.25) is 5.02 Å². The Morgan fingerprint density at radius 1 is 0.967 bits per heavy atom. The van der Waals surface area contributed by atoms with Gasteiger partial charge in [-0.15, -0.1) is 10.2 Å². The Hall–Kier alpha value is -3.50. The summed E-state index contributed by atoms with van der Waals surface area (Å²) in [5.74, 6) is 0.406. The van der Waals surface area contributed by atoms with Crippen molar-refractivity contribution in [2.24, 2.45) is 0 Å². The van der Waals surface area contributed by atoms with Crippen molar-refractivity contribution in [3.05, 3.63) is 83.9 Å². The van der Waals surface area contributed by atoms with E-state index in [1.807, 2.05) is 0 Å². The van der Waals surface area contributed by atoms with E-state index in [9.17, 15) is 12.8 Å². The summed E-state index contributed by atoms with van der Waals surface area (Å²) < 4.78 is 42.1. The molecule has 0 aliphatic rings. The number of halogens is 2. The van der Waals surface area contributed by atoms with Crippen LogP contribution >= 0.6 is 11.6 Å². The lowest BCUT2D eigenvalue weighted by Gasteiger charge is -2.10. The molecule has 4 rings (SSSR count). The van der Waals surface area contributed by atoms with Crippen molar-refractivity contribution in [2.45, 2.75) is 4.90 Å². The highest BCUT2D eigenvalue weighted by molar-refractivity contribution is 7.92. The van der Waals surface area contributed by atoms with Gasteiger partial charge in [0.1, 0.15) is 5.82 Å². The molecule has 0 amide bonds. The predicted molar refractivity (Wildman–Crippen MR) is 111 cm³/mol. The van der Waals surface area contributed by atoms with Crippen LogP contribution in [0.3, 0.4) is 0 Å². The first-order valence-corrected chi connectivity index (χ1v) is 10.5. The molecule has 30 heavy (non-hydrogen) atoms. The Bertz CT molecular complexity index is 1260.